The smallest absolute Gasteiger partial charge is 0.449 e. The highest BCUT2D eigenvalue weighted by molar-refractivity contribution is 9.11. The van der Waals surface area contributed by atoms with Crippen molar-refractivity contribution in [3.63, 3.8) is 0 Å². The first-order valence-electron chi connectivity index (χ1n) is 1.42. The van der Waals surface area contributed by atoms with Crippen LogP contribution >= 0.6 is 15.9 Å². The van der Waals surface area contributed by atoms with E-state index in [2.05, 4.69) is 20.7 Å². The predicted octanol–water partition coefficient (Wildman–Crippen LogP) is 1.55. The van der Waals surface area contributed by atoms with Crippen LogP contribution < -0.4 is 0 Å². The van der Waals surface area contributed by atoms with Gasteiger partial charge in [-0.05, 0) is 0 Å². The monoisotopic (exact) mass is 166 g/mol. The van der Waals surface area contributed by atoms with Crippen LogP contribution in [0.5, 0.6) is 0 Å². The summed E-state index contributed by atoms with van der Waals surface area (Å²) in [6.07, 6.45) is -0.293. The normalized spacial score (nSPS) is 9.29. The summed E-state index contributed by atoms with van der Waals surface area (Å²) in [5.41, 5.74) is 0. The largest absolute Gasteiger partial charge is 0.510 e. The summed E-state index contributed by atoms with van der Waals surface area (Å²) in [5, 5.41) is 7.75. The molecule has 0 saturated carbocycles. The van der Waals surface area contributed by atoms with Crippen LogP contribution in [0.1, 0.15) is 0 Å². The number of carboxylic acid groups (broad SMARTS) is 1. The summed E-state index contributed by atoms with van der Waals surface area (Å²) in [6.45, 7) is 0. The van der Waals surface area contributed by atoms with Crippen molar-refractivity contribution in [3.05, 3.63) is 11.2 Å². The van der Waals surface area contributed by atoms with Crippen molar-refractivity contribution in [2.24, 2.45) is 0 Å². The second-order valence-corrected chi connectivity index (χ2v) is 1.17. The molecule has 40 valence electrons. The number of hydrogen-bond acceptors (Lipinski definition) is 2. The van der Waals surface area contributed by atoms with E-state index < -0.39 is 6.16 Å². The van der Waals surface area contributed by atoms with Gasteiger partial charge in [0.1, 0.15) is 6.26 Å². The lowest BCUT2D eigenvalue weighted by Gasteiger charge is -1.82. The molecule has 0 amide bonds. The predicted molar refractivity (Wildman–Crippen MR) is 27.2 cm³/mol. The van der Waals surface area contributed by atoms with Crippen molar-refractivity contribution in [1.29, 1.82) is 0 Å². The van der Waals surface area contributed by atoms with Crippen LogP contribution in [-0.4, -0.2) is 11.3 Å². The van der Waals surface area contributed by atoms with Gasteiger partial charge in [-0.3, -0.25) is 0 Å². The fraction of sp³-hybridized carbons (Fsp3) is 0. The molecule has 0 unspecified atom stereocenters. The second kappa shape index (κ2) is 3.67. The van der Waals surface area contributed by atoms with Gasteiger partial charge in [0.15, 0.2) is 0 Å². The molecule has 3 nitrogen and oxygen atoms in total. The Morgan fingerprint density at radius 1 is 1.86 bits per heavy atom. The summed E-state index contributed by atoms with van der Waals surface area (Å²) < 4.78 is 3.88. The lowest BCUT2D eigenvalue weighted by Crippen LogP contribution is -1.90. The topological polar surface area (TPSA) is 46.5 Å². The Hall–Kier alpha value is -0.510. The molecule has 0 radical (unpaired) electrons. The molecule has 0 rings (SSSR count). The third-order valence-corrected chi connectivity index (χ3v) is 0.436. The molecule has 0 aromatic rings. The summed E-state index contributed by atoms with van der Waals surface area (Å²) in [5.74, 6) is 0. The summed E-state index contributed by atoms with van der Waals surface area (Å²) in [4.78, 5) is 10.8. The Balaban J connectivity index is 3.14. The van der Waals surface area contributed by atoms with Gasteiger partial charge < -0.3 is 9.84 Å². The number of carbonyl (C=O) groups is 1. The Bertz CT molecular complexity index is 88.2. The van der Waals surface area contributed by atoms with Gasteiger partial charge in [0.05, 0.1) is 0 Å². The molecule has 7 heavy (non-hydrogen) atoms. The van der Waals surface area contributed by atoms with Gasteiger partial charge in [-0.15, -0.1) is 0 Å². The van der Waals surface area contributed by atoms with Gasteiger partial charge in [0.25, 0.3) is 0 Å². The van der Waals surface area contributed by atoms with Gasteiger partial charge in [0.2, 0.25) is 0 Å². The molecule has 0 fully saturated rings. The van der Waals surface area contributed by atoms with Crippen LogP contribution in [0.3, 0.4) is 0 Å². The van der Waals surface area contributed by atoms with Crippen molar-refractivity contribution in [1.82, 2.24) is 0 Å². The first-order chi connectivity index (χ1) is 3.27. The fourth-order valence-corrected chi connectivity index (χ4v) is 0.192. The number of rotatable bonds is 1. The van der Waals surface area contributed by atoms with E-state index in [9.17, 15) is 4.79 Å². The van der Waals surface area contributed by atoms with E-state index in [1.165, 1.54) is 4.99 Å². The molecule has 0 aromatic carbocycles. The van der Waals surface area contributed by atoms with E-state index >= 15 is 0 Å². The van der Waals surface area contributed by atoms with Crippen LogP contribution in [0, 0.1) is 0 Å². The molecular weight excluding hydrogens is 164 g/mol. The van der Waals surface area contributed by atoms with E-state index in [-0.39, 0.29) is 0 Å². The minimum Gasteiger partial charge on any atom is -0.449 e. The molecule has 0 aliphatic heterocycles. The van der Waals surface area contributed by atoms with Crippen molar-refractivity contribution < 1.29 is 14.6 Å². The highest BCUT2D eigenvalue weighted by atomic mass is 79.9. The second-order valence-electron chi connectivity index (χ2n) is 0.646. The van der Waals surface area contributed by atoms with Crippen LogP contribution in [0.2, 0.25) is 0 Å². The summed E-state index contributed by atoms with van der Waals surface area (Å²) >= 11 is 2.81. The zero-order valence-corrected chi connectivity index (χ0v) is 4.88. The third-order valence-electron chi connectivity index (χ3n) is 0.220. The first-order valence-corrected chi connectivity index (χ1v) is 2.33. The lowest BCUT2D eigenvalue weighted by molar-refractivity contribution is 0.128. The summed E-state index contributed by atoms with van der Waals surface area (Å²) in [7, 11) is 0. The van der Waals surface area contributed by atoms with Crippen molar-refractivity contribution in [3.8, 4) is 0 Å². The molecular formula is C3H3BrO3. The zero-order chi connectivity index (χ0) is 5.70. The Kier molecular flexibility index (Phi) is 3.40. The van der Waals surface area contributed by atoms with Crippen LogP contribution in [0.15, 0.2) is 11.2 Å². The average Bonchev–Trinajstić information content (AvgIpc) is 1.61. The zero-order valence-electron chi connectivity index (χ0n) is 3.30. The molecule has 0 aliphatic rings. The maximum absolute atomic E-state index is 9.46. The van der Waals surface area contributed by atoms with Crippen LogP contribution in [0.25, 0.3) is 0 Å². The van der Waals surface area contributed by atoms with Gasteiger partial charge in [-0.25, -0.2) is 4.79 Å². The van der Waals surface area contributed by atoms with Gasteiger partial charge >= 0.3 is 6.16 Å². The summed E-state index contributed by atoms with van der Waals surface area (Å²) in [6, 6.07) is 0. The third kappa shape index (κ3) is 5.49. The molecule has 0 saturated heterocycles. The quantitative estimate of drug-likeness (QED) is 0.475. The molecule has 0 atom stereocenters. The highest BCUT2D eigenvalue weighted by Crippen LogP contribution is 1.83. The van der Waals surface area contributed by atoms with Crippen LogP contribution in [-0.2, 0) is 4.74 Å². The molecule has 0 bridgehead atoms. The number of hydrogen-bond donors (Lipinski definition) is 1. The Morgan fingerprint density at radius 3 is 2.57 bits per heavy atom. The minimum atomic E-state index is -1.31. The molecule has 0 spiro atoms. The average molecular weight is 167 g/mol. The SMILES string of the molecule is O=C(O)OC=CBr. The van der Waals surface area contributed by atoms with E-state index in [0.717, 1.165) is 6.26 Å². The van der Waals surface area contributed by atoms with Crippen LogP contribution in [0.4, 0.5) is 4.79 Å². The van der Waals surface area contributed by atoms with E-state index in [1.807, 2.05) is 0 Å². The molecule has 1 N–H and O–H groups in total. The van der Waals surface area contributed by atoms with E-state index in [0.29, 0.717) is 0 Å². The van der Waals surface area contributed by atoms with Crippen molar-refractivity contribution >= 4 is 22.1 Å². The fourth-order valence-electron chi connectivity index (χ4n) is 0.0839. The Labute approximate surface area is 48.7 Å². The van der Waals surface area contributed by atoms with E-state index in [1.54, 1.807) is 0 Å². The molecule has 0 heterocycles. The van der Waals surface area contributed by atoms with Crippen molar-refractivity contribution in [2.75, 3.05) is 0 Å². The first kappa shape index (κ1) is 6.49. The lowest BCUT2D eigenvalue weighted by atomic mass is 11.1. The standard InChI is InChI=1S/C3H3BrO3/c4-1-2-7-3(5)6/h1-2H,(H,5,6). The van der Waals surface area contributed by atoms with Gasteiger partial charge in [-0.1, -0.05) is 15.9 Å². The van der Waals surface area contributed by atoms with Gasteiger partial charge in [0, 0.05) is 4.99 Å². The minimum absolute atomic E-state index is 1.02. The Morgan fingerprint density at radius 2 is 2.43 bits per heavy atom. The number of halogens is 1. The van der Waals surface area contributed by atoms with Gasteiger partial charge in [-0.2, -0.15) is 0 Å². The molecule has 4 heteroatoms. The maximum atomic E-state index is 9.46. The maximum Gasteiger partial charge on any atom is 0.510 e. The van der Waals surface area contributed by atoms with E-state index in [4.69, 9.17) is 5.11 Å². The molecule has 0 aliphatic carbocycles. The highest BCUT2D eigenvalue weighted by Gasteiger charge is 1.85. The van der Waals surface area contributed by atoms with Crippen molar-refractivity contribution in [2.45, 2.75) is 0 Å². The molecule has 0 aromatic heterocycles. The number of ether oxygens (including phenoxy) is 1.